The van der Waals surface area contributed by atoms with Crippen LogP contribution in [0.5, 0.6) is 0 Å². The Morgan fingerprint density at radius 1 is 1.48 bits per heavy atom. The number of amides is 4. The Morgan fingerprint density at radius 2 is 2.22 bits per heavy atom. The van der Waals surface area contributed by atoms with Crippen molar-refractivity contribution in [2.75, 3.05) is 13.2 Å². The summed E-state index contributed by atoms with van der Waals surface area (Å²) in [6.07, 6.45) is -0.153. The molecule has 0 unspecified atom stereocenters. The van der Waals surface area contributed by atoms with Crippen LogP contribution in [0.2, 0.25) is 0 Å². The van der Waals surface area contributed by atoms with Gasteiger partial charge in [0.15, 0.2) is 0 Å². The number of carboxylic acids is 1. The molecule has 27 heavy (non-hydrogen) atoms. The van der Waals surface area contributed by atoms with Crippen molar-refractivity contribution >= 4 is 23.8 Å². The van der Waals surface area contributed by atoms with Gasteiger partial charge in [-0.2, -0.15) is 5.06 Å². The third kappa shape index (κ3) is 3.85. The van der Waals surface area contributed by atoms with Gasteiger partial charge in [-0.25, -0.2) is 24.3 Å². The van der Waals surface area contributed by atoms with Crippen LogP contribution < -0.4 is 10.8 Å². The zero-order valence-corrected chi connectivity index (χ0v) is 14.4. The smallest absolute Gasteiger partial charge is 0.368 e. The first-order chi connectivity index (χ1) is 12.8. The van der Waals surface area contributed by atoms with Crippen LogP contribution in [0, 0.1) is 0 Å². The second-order valence-corrected chi connectivity index (χ2v) is 6.48. The molecule has 2 bridgehead atoms. The maximum atomic E-state index is 13.3. The zero-order valence-electron chi connectivity index (χ0n) is 14.4. The van der Waals surface area contributed by atoms with Crippen LogP contribution in [0.4, 0.5) is 9.18 Å². The molecule has 12 heteroatoms. The molecule has 2 saturated heterocycles. The number of urea groups is 1. The Morgan fingerprint density at radius 3 is 2.85 bits per heavy atom. The summed E-state index contributed by atoms with van der Waals surface area (Å²) < 4.78 is 13.3. The largest absolute Gasteiger partial charge is 0.477 e. The minimum absolute atomic E-state index is 0.0410. The molecular weight excluding hydrogens is 367 g/mol. The van der Waals surface area contributed by atoms with Crippen molar-refractivity contribution in [2.45, 2.75) is 44.2 Å². The van der Waals surface area contributed by atoms with Crippen molar-refractivity contribution in [2.24, 2.45) is 0 Å². The number of carbonyl (C=O) groups is 4. The van der Waals surface area contributed by atoms with Crippen LogP contribution in [0.3, 0.4) is 0 Å². The fourth-order valence-corrected chi connectivity index (χ4v) is 3.29. The first-order valence-electron chi connectivity index (χ1n) is 8.30. The van der Waals surface area contributed by atoms with E-state index >= 15 is 0 Å². The molecule has 3 heterocycles. The average Bonchev–Trinajstić information content (AvgIpc) is 3.11. The number of hydrogen-bond donors (Lipinski definition) is 3. The standard InChI is InChI=1S/C15H19FN4O7/c1-7-4-9-5-19(15(25)20(9)27-12(16)14(23)24)11(7)13(22)18-26-6-8-2-3-10(21)17-8/h4,8-9,11-12H,2-3,5-6H2,1H3,(H,17,21)(H,18,22)(H,23,24)/t8-,9+,11-,12+/m0/s1. The summed E-state index contributed by atoms with van der Waals surface area (Å²) in [4.78, 5) is 57.4. The molecule has 4 atom stereocenters. The molecule has 3 aliphatic rings. The van der Waals surface area contributed by atoms with Gasteiger partial charge in [0.1, 0.15) is 6.04 Å². The van der Waals surface area contributed by atoms with Gasteiger partial charge in [-0.05, 0) is 18.9 Å². The molecule has 0 spiro atoms. The SMILES string of the molecule is CC1=C[C@@H]2CN(C(=O)N2O[C@@H](F)C(=O)O)[C@@H]1C(=O)NOC[C@@H]1CCC(=O)N1. The van der Waals surface area contributed by atoms with E-state index in [9.17, 15) is 23.6 Å². The summed E-state index contributed by atoms with van der Waals surface area (Å²) in [7, 11) is 0. The van der Waals surface area contributed by atoms with Crippen LogP contribution in [0.25, 0.3) is 0 Å². The number of rotatable bonds is 7. The lowest BCUT2D eigenvalue weighted by molar-refractivity contribution is -0.219. The number of fused-ring (bicyclic) bond motifs is 2. The van der Waals surface area contributed by atoms with Gasteiger partial charge < -0.3 is 15.3 Å². The summed E-state index contributed by atoms with van der Waals surface area (Å²) >= 11 is 0. The highest BCUT2D eigenvalue weighted by molar-refractivity contribution is 5.91. The van der Waals surface area contributed by atoms with E-state index in [2.05, 4.69) is 15.6 Å². The topological polar surface area (TPSA) is 138 Å². The quantitative estimate of drug-likeness (QED) is 0.379. The Hall–Kier alpha value is -2.73. The molecule has 11 nitrogen and oxygen atoms in total. The molecule has 0 aromatic carbocycles. The zero-order chi connectivity index (χ0) is 19.7. The minimum Gasteiger partial charge on any atom is -0.477 e. The summed E-state index contributed by atoms with van der Waals surface area (Å²) in [5.41, 5.74) is 2.76. The van der Waals surface area contributed by atoms with E-state index in [-0.39, 0.29) is 25.1 Å². The van der Waals surface area contributed by atoms with Crippen LogP contribution in [0.1, 0.15) is 19.8 Å². The Kier molecular flexibility index (Phi) is 5.28. The molecule has 0 aromatic rings. The van der Waals surface area contributed by atoms with Crippen molar-refractivity contribution in [1.82, 2.24) is 20.8 Å². The van der Waals surface area contributed by atoms with E-state index in [1.54, 1.807) is 6.92 Å². The monoisotopic (exact) mass is 386 g/mol. The van der Waals surface area contributed by atoms with E-state index in [1.165, 1.54) is 6.08 Å². The molecule has 0 saturated carbocycles. The van der Waals surface area contributed by atoms with E-state index in [0.717, 1.165) is 4.90 Å². The Labute approximate surface area is 153 Å². The number of nitrogens with one attached hydrogen (secondary N) is 2. The summed E-state index contributed by atoms with van der Waals surface area (Å²) in [5, 5.41) is 11.9. The fraction of sp³-hybridized carbons (Fsp3) is 0.600. The van der Waals surface area contributed by atoms with Crippen molar-refractivity contribution < 1.29 is 38.4 Å². The van der Waals surface area contributed by atoms with E-state index in [4.69, 9.17) is 9.94 Å². The molecule has 4 amide bonds. The number of aliphatic carboxylic acids is 1. The molecule has 0 aromatic heterocycles. The molecule has 148 valence electrons. The van der Waals surface area contributed by atoms with E-state index < -0.39 is 36.3 Å². The normalized spacial score (nSPS) is 28.1. The van der Waals surface area contributed by atoms with Crippen LogP contribution in [0.15, 0.2) is 11.6 Å². The lowest BCUT2D eigenvalue weighted by atomic mass is 10.0. The highest BCUT2D eigenvalue weighted by Crippen LogP contribution is 2.30. The number of nitrogens with zero attached hydrogens (tertiary/aromatic N) is 2. The number of halogens is 1. The predicted molar refractivity (Wildman–Crippen MR) is 84.2 cm³/mol. The van der Waals surface area contributed by atoms with E-state index in [0.29, 0.717) is 23.5 Å². The third-order valence-electron chi connectivity index (χ3n) is 4.51. The first kappa shape index (κ1) is 19.0. The number of carbonyl (C=O) groups excluding carboxylic acids is 3. The van der Waals surface area contributed by atoms with Gasteiger partial charge >= 0.3 is 18.4 Å². The minimum atomic E-state index is -2.69. The Balaban J connectivity index is 1.59. The average molecular weight is 386 g/mol. The van der Waals surface area contributed by atoms with Gasteiger partial charge in [0.25, 0.3) is 5.91 Å². The van der Waals surface area contributed by atoms with Crippen LogP contribution in [-0.4, -0.2) is 76.5 Å². The molecule has 3 aliphatic heterocycles. The molecule has 0 aliphatic carbocycles. The van der Waals surface area contributed by atoms with Gasteiger partial charge in [-0.3, -0.25) is 14.4 Å². The van der Waals surface area contributed by atoms with Crippen molar-refractivity contribution in [3.63, 3.8) is 0 Å². The predicted octanol–water partition coefficient (Wildman–Crippen LogP) is -0.941. The summed E-state index contributed by atoms with van der Waals surface area (Å²) in [6.45, 7) is 1.74. The second kappa shape index (κ2) is 7.48. The Bertz CT molecular complexity index is 700. The number of carboxylic acid groups (broad SMARTS) is 1. The number of hydroxylamine groups is 3. The van der Waals surface area contributed by atoms with Gasteiger partial charge in [0.2, 0.25) is 5.91 Å². The van der Waals surface area contributed by atoms with Gasteiger partial charge in [-0.1, -0.05) is 6.08 Å². The molecule has 3 rings (SSSR count). The lowest BCUT2D eigenvalue weighted by Crippen LogP contribution is -2.50. The number of alkyl halides is 1. The van der Waals surface area contributed by atoms with Crippen molar-refractivity contribution in [3.05, 3.63) is 11.6 Å². The third-order valence-corrected chi connectivity index (χ3v) is 4.51. The van der Waals surface area contributed by atoms with Gasteiger partial charge in [0, 0.05) is 6.42 Å². The molecular formula is C15H19FN4O7. The van der Waals surface area contributed by atoms with E-state index in [1.807, 2.05) is 0 Å². The van der Waals surface area contributed by atoms with Crippen LogP contribution in [-0.2, 0) is 24.1 Å². The number of hydrogen-bond acceptors (Lipinski definition) is 6. The highest BCUT2D eigenvalue weighted by Gasteiger charge is 2.48. The first-order valence-corrected chi connectivity index (χ1v) is 8.30. The van der Waals surface area contributed by atoms with Crippen molar-refractivity contribution in [1.29, 1.82) is 0 Å². The van der Waals surface area contributed by atoms with Crippen molar-refractivity contribution in [3.8, 4) is 0 Å². The summed E-state index contributed by atoms with van der Waals surface area (Å²) in [6, 6.07) is -2.71. The van der Waals surface area contributed by atoms with Gasteiger partial charge in [-0.15, -0.1) is 0 Å². The molecule has 3 N–H and O–H groups in total. The maximum absolute atomic E-state index is 13.3. The molecule has 0 radical (unpaired) electrons. The van der Waals surface area contributed by atoms with Gasteiger partial charge in [0.05, 0.1) is 25.2 Å². The lowest BCUT2D eigenvalue weighted by Gasteiger charge is -2.28. The molecule has 2 fully saturated rings. The van der Waals surface area contributed by atoms with Crippen LogP contribution >= 0.6 is 0 Å². The maximum Gasteiger partial charge on any atom is 0.368 e. The summed E-state index contributed by atoms with van der Waals surface area (Å²) in [5.74, 6) is -2.55. The fourth-order valence-electron chi connectivity index (χ4n) is 3.29. The second-order valence-electron chi connectivity index (χ2n) is 6.48. The highest BCUT2D eigenvalue weighted by atomic mass is 19.1.